The van der Waals surface area contributed by atoms with Crippen LogP contribution in [-0.4, -0.2) is 62.3 Å². The van der Waals surface area contributed by atoms with Gasteiger partial charge in [0.1, 0.15) is 30.0 Å². The summed E-state index contributed by atoms with van der Waals surface area (Å²) in [6.07, 6.45) is -2.64. The van der Waals surface area contributed by atoms with E-state index in [0.29, 0.717) is 0 Å². The van der Waals surface area contributed by atoms with Crippen LogP contribution in [0.25, 0.3) is 0 Å². The molecule has 0 radical (unpaired) electrons. The zero-order chi connectivity index (χ0) is 24.6. The number of aryl methyl sites for hydroxylation is 1. The van der Waals surface area contributed by atoms with Crippen molar-refractivity contribution < 1.29 is 33.3 Å². The summed E-state index contributed by atoms with van der Waals surface area (Å²) < 4.78 is 32.1. The summed E-state index contributed by atoms with van der Waals surface area (Å²) in [4.78, 5) is 49.9. The summed E-state index contributed by atoms with van der Waals surface area (Å²) in [5, 5.41) is 13.1. The topological polar surface area (TPSA) is 149 Å². The highest BCUT2D eigenvalue weighted by molar-refractivity contribution is 5.81. The fourth-order valence-electron chi connectivity index (χ4n) is 3.10. The minimum Gasteiger partial charge on any atom is -0.461 e. The van der Waals surface area contributed by atoms with Crippen LogP contribution in [0.3, 0.4) is 0 Å². The van der Waals surface area contributed by atoms with Gasteiger partial charge in [0.05, 0.1) is 0 Å². The molecule has 1 aliphatic rings. The molecule has 180 valence electrons. The number of hydrogen-bond donors (Lipinski definition) is 3. The van der Waals surface area contributed by atoms with E-state index >= 15 is 4.39 Å². The van der Waals surface area contributed by atoms with Crippen molar-refractivity contribution in [3.63, 3.8) is 0 Å². The lowest BCUT2D eigenvalue weighted by Crippen LogP contribution is -2.53. The lowest BCUT2D eigenvalue weighted by Gasteiger charge is -2.33. The van der Waals surface area contributed by atoms with Crippen LogP contribution in [0.4, 0.5) is 9.18 Å². The molecular weight excluding hydrogens is 429 g/mol. The molecule has 12 heteroatoms. The third kappa shape index (κ3) is 5.18. The predicted octanol–water partition coefficient (Wildman–Crippen LogP) is 0.678. The number of rotatable bonds is 5. The summed E-state index contributed by atoms with van der Waals surface area (Å²) in [6, 6.07) is -1.09. The molecule has 0 bridgehead atoms. The van der Waals surface area contributed by atoms with E-state index in [1.807, 2.05) is 4.98 Å². The Morgan fingerprint density at radius 3 is 2.53 bits per heavy atom. The molecule has 1 saturated heterocycles. The van der Waals surface area contributed by atoms with Crippen LogP contribution >= 0.6 is 0 Å². The molecule has 0 saturated carbocycles. The van der Waals surface area contributed by atoms with E-state index in [4.69, 9.17) is 14.2 Å². The molecule has 1 aliphatic heterocycles. The standard InChI is InChI=1S/C20H30FN3O8/c1-10-8-24(16(27)23-13(10)25)15-19(6,21)20(7,29)12(31-15)9-30-14(26)11(2)22-17(28)32-18(3,4)5/h8,11-12,15,29H,9H2,1-7H3,(H,22,28)(H,23,25,27)/t11?,12-,15+,19-,20-/m0/s1. The first-order valence-corrected chi connectivity index (χ1v) is 10.0. The second-order valence-electron chi connectivity index (χ2n) is 9.18. The minimum atomic E-state index is -2.49. The normalized spacial score (nSPS) is 28.8. The maximum atomic E-state index is 15.6. The molecule has 32 heavy (non-hydrogen) atoms. The number of esters is 1. The number of ether oxygens (including phenoxy) is 3. The fraction of sp³-hybridized carbons (Fsp3) is 0.700. The van der Waals surface area contributed by atoms with Gasteiger partial charge in [-0.1, -0.05) is 0 Å². The van der Waals surface area contributed by atoms with Crippen LogP contribution < -0.4 is 16.6 Å². The minimum absolute atomic E-state index is 0.139. The Balaban J connectivity index is 2.12. The fourth-order valence-corrected chi connectivity index (χ4v) is 3.10. The quantitative estimate of drug-likeness (QED) is 0.544. The van der Waals surface area contributed by atoms with Crippen molar-refractivity contribution in [2.75, 3.05) is 6.61 Å². The Hall–Kier alpha value is -2.73. The number of hydrogen-bond acceptors (Lipinski definition) is 8. The van der Waals surface area contributed by atoms with Gasteiger partial charge in [-0.2, -0.15) is 0 Å². The second-order valence-corrected chi connectivity index (χ2v) is 9.18. The van der Waals surface area contributed by atoms with Gasteiger partial charge in [-0.05, 0) is 48.5 Å². The lowest BCUT2D eigenvalue weighted by molar-refractivity contribution is -0.155. The monoisotopic (exact) mass is 459 g/mol. The van der Waals surface area contributed by atoms with Gasteiger partial charge in [0.15, 0.2) is 11.9 Å². The van der Waals surface area contributed by atoms with Crippen LogP contribution in [0.15, 0.2) is 15.8 Å². The van der Waals surface area contributed by atoms with Crippen molar-refractivity contribution in [2.24, 2.45) is 0 Å². The number of aliphatic hydroxyl groups is 1. The maximum Gasteiger partial charge on any atom is 0.408 e. The number of nitrogens with one attached hydrogen (secondary N) is 2. The molecule has 0 aromatic carbocycles. The summed E-state index contributed by atoms with van der Waals surface area (Å²) >= 11 is 0. The van der Waals surface area contributed by atoms with Crippen LogP contribution in [0.1, 0.15) is 53.3 Å². The van der Waals surface area contributed by atoms with Gasteiger partial charge in [-0.25, -0.2) is 18.8 Å². The summed E-state index contributed by atoms with van der Waals surface area (Å²) in [7, 11) is 0. The van der Waals surface area contributed by atoms with E-state index in [9.17, 15) is 24.3 Å². The van der Waals surface area contributed by atoms with Crippen LogP contribution in [0, 0.1) is 6.92 Å². The molecule has 11 nitrogen and oxygen atoms in total. The summed E-state index contributed by atoms with van der Waals surface area (Å²) in [6.45, 7) is 9.41. The average Bonchev–Trinajstić information content (AvgIpc) is 2.79. The van der Waals surface area contributed by atoms with E-state index in [2.05, 4.69) is 5.32 Å². The van der Waals surface area contributed by atoms with Crippen LogP contribution in [0.2, 0.25) is 0 Å². The molecule has 1 unspecified atom stereocenters. The highest BCUT2D eigenvalue weighted by atomic mass is 19.1. The maximum absolute atomic E-state index is 15.6. The summed E-state index contributed by atoms with van der Waals surface area (Å²) in [5.74, 6) is -0.865. The summed E-state index contributed by atoms with van der Waals surface area (Å²) in [5.41, 5.74) is -6.82. The van der Waals surface area contributed by atoms with Gasteiger partial charge in [0, 0.05) is 11.8 Å². The first kappa shape index (κ1) is 25.5. The van der Waals surface area contributed by atoms with Crippen molar-refractivity contribution in [1.82, 2.24) is 14.9 Å². The molecule has 2 heterocycles. The zero-order valence-corrected chi connectivity index (χ0v) is 19.1. The Kier molecular flexibility index (Phi) is 6.91. The number of amides is 1. The Morgan fingerprint density at radius 1 is 1.38 bits per heavy atom. The number of H-pyrrole nitrogens is 1. The van der Waals surface area contributed by atoms with Crippen molar-refractivity contribution in [3.8, 4) is 0 Å². The third-order valence-electron chi connectivity index (χ3n) is 5.24. The van der Waals surface area contributed by atoms with Gasteiger partial charge < -0.3 is 24.6 Å². The zero-order valence-electron chi connectivity index (χ0n) is 19.1. The number of aromatic amines is 1. The number of carbonyl (C=O) groups excluding carboxylic acids is 2. The van der Waals surface area contributed by atoms with E-state index in [1.54, 1.807) is 20.8 Å². The first-order valence-electron chi connectivity index (χ1n) is 10.0. The third-order valence-corrected chi connectivity index (χ3v) is 5.24. The second kappa shape index (κ2) is 8.66. The molecule has 1 amide bonds. The molecule has 3 N–H and O–H groups in total. The van der Waals surface area contributed by atoms with Crippen LogP contribution in [0.5, 0.6) is 0 Å². The van der Waals surface area contributed by atoms with Gasteiger partial charge in [0.2, 0.25) is 0 Å². The molecule has 0 aliphatic carbocycles. The number of alkyl halides is 1. The molecule has 2 rings (SSSR count). The number of carbonyl (C=O) groups is 2. The lowest BCUT2D eigenvalue weighted by atomic mass is 9.84. The van der Waals surface area contributed by atoms with Gasteiger partial charge in [-0.3, -0.25) is 14.3 Å². The van der Waals surface area contributed by atoms with E-state index in [-0.39, 0.29) is 5.56 Å². The smallest absolute Gasteiger partial charge is 0.408 e. The molecule has 5 atom stereocenters. The number of nitrogens with zero attached hydrogens (tertiary/aromatic N) is 1. The van der Waals surface area contributed by atoms with E-state index < -0.39 is 65.2 Å². The number of alkyl carbamates (subject to hydrolysis) is 1. The Labute approximate surface area is 183 Å². The highest BCUT2D eigenvalue weighted by Crippen LogP contribution is 2.47. The van der Waals surface area contributed by atoms with Crippen molar-refractivity contribution in [3.05, 3.63) is 32.6 Å². The number of halogens is 1. The predicted molar refractivity (Wildman–Crippen MR) is 110 cm³/mol. The van der Waals surface area contributed by atoms with E-state index in [0.717, 1.165) is 24.6 Å². The molecule has 0 spiro atoms. The molecule has 1 aromatic rings. The van der Waals surface area contributed by atoms with Crippen molar-refractivity contribution >= 4 is 12.1 Å². The Morgan fingerprint density at radius 2 is 1.97 bits per heavy atom. The SMILES string of the molecule is Cc1cn([C@@H]2O[C@@H](COC(=O)C(C)NC(=O)OC(C)(C)C)[C@](C)(O)[C@@]2(C)F)c(=O)[nH]c1=O. The van der Waals surface area contributed by atoms with Crippen molar-refractivity contribution in [1.29, 1.82) is 0 Å². The Bertz CT molecular complexity index is 992. The average molecular weight is 459 g/mol. The van der Waals surface area contributed by atoms with Gasteiger partial charge in [0.25, 0.3) is 5.56 Å². The highest BCUT2D eigenvalue weighted by Gasteiger charge is 2.63. The molecule has 1 fully saturated rings. The largest absolute Gasteiger partial charge is 0.461 e. The van der Waals surface area contributed by atoms with E-state index in [1.165, 1.54) is 13.8 Å². The number of aromatic nitrogens is 2. The van der Waals surface area contributed by atoms with Crippen molar-refractivity contribution in [2.45, 2.75) is 83.7 Å². The first-order chi connectivity index (χ1) is 14.5. The molecular formula is C20H30FN3O8. The van der Waals surface area contributed by atoms with Crippen LogP contribution in [-0.2, 0) is 19.0 Å². The molecule has 1 aromatic heterocycles. The van der Waals surface area contributed by atoms with Gasteiger partial charge >= 0.3 is 17.8 Å². The van der Waals surface area contributed by atoms with Gasteiger partial charge in [-0.15, -0.1) is 0 Å².